The molecule has 5 rings (SSSR count). The van der Waals surface area contributed by atoms with E-state index in [1.165, 1.54) is 0 Å². The average Bonchev–Trinajstić information content (AvgIpc) is 3.25. The molecule has 0 radical (unpaired) electrons. The number of fused-ring (bicyclic) bond motifs is 3. The lowest BCUT2D eigenvalue weighted by Crippen LogP contribution is -2.33. The van der Waals surface area contributed by atoms with Gasteiger partial charge < -0.3 is 14.2 Å². The second-order valence-electron chi connectivity index (χ2n) is 7.51. The van der Waals surface area contributed by atoms with Crippen molar-refractivity contribution in [3.8, 4) is 17.2 Å². The maximum absolute atomic E-state index is 6.51. The number of hydrogen-bond acceptors (Lipinski definition) is 5. The van der Waals surface area contributed by atoms with Gasteiger partial charge in [-0.1, -0.05) is 35.9 Å². The lowest BCUT2D eigenvalue weighted by molar-refractivity contribution is -0.0212. The predicted octanol–water partition coefficient (Wildman–Crippen LogP) is 5.99. The molecule has 0 aromatic heterocycles. The molecule has 31 heavy (non-hydrogen) atoms. The molecule has 0 fully saturated rings. The van der Waals surface area contributed by atoms with Crippen LogP contribution in [0.1, 0.15) is 42.3 Å². The zero-order chi connectivity index (χ0) is 21.4. The highest BCUT2D eigenvalue weighted by Crippen LogP contribution is 2.50. The quantitative estimate of drug-likeness (QED) is 0.494. The van der Waals surface area contributed by atoms with Gasteiger partial charge in [0.15, 0.2) is 11.5 Å². The zero-order valence-electron chi connectivity index (χ0n) is 17.4. The van der Waals surface area contributed by atoms with E-state index in [1.807, 2.05) is 72.6 Å². The summed E-state index contributed by atoms with van der Waals surface area (Å²) in [6.07, 6.45) is 0.378. The first-order chi connectivity index (χ1) is 15.2. The number of ether oxygens (including phenoxy) is 3. The fraction of sp³-hybridized carbons (Fsp3) is 0.240. The number of rotatable bonds is 5. The molecule has 0 aliphatic carbocycles. The van der Waals surface area contributed by atoms with Crippen molar-refractivity contribution >= 4 is 17.3 Å². The summed E-state index contributed by atoms with van der Waals surface area (Å²) in [5, 5.41) is 7.71. The van der Waals surface area contributed by atoms with E-state index in [0.29, 0.717) is 11.6 Å². The highest BCUT2D eigenvalue weighted by molar-refractivity contribution is 6.30. The van der Waals surface area contributed by atoms with Crippen LogP contribution in [-0.4, -0.2) is 24.4 Å². The Morgan fingerprint density at radius 3 is 2.65 bits per heavy atom. The Morgan fingerprint density at radius 1 is 1.10 bits per heavy atom. The molecule has 2 aliphatic heterocycles. The van der Waals surface area contributed by atoms with Crippen molar-refractivity contribution in [3.63, 3.8) is 0 Å². The van der Waals surface area contributed by atoms with Gasteiger partial charge in [-0.3, -0.25) is 0 Å². The van der Waals surface area contributed by atoms with Crippen LogP contribution >= 0.6 is 11.6 Å². The van der Waals surface area contributed by atoms with Gasteiger partial charge in [0.25, 0.3) is 0 Å². The molecule has 2 aliphatic rings. The summed E-state index contributed by atoms with van der Waals surface area (Å²) in [6, 6.07) is 21.9. The molecule has 0 unspecified atom stereocenters. The molecule has 6 heteroatoms. The zero-order valence-corrected chi connectivity index (χ0v) is 18.2. The van der Waals surface area contributed by atoms with Crippen molar-refractivity contribution in [1.82, 2.24) is 5.01 Å². The lowest BCUT2D eigenvalue weighted by atomic mass is 9.95. The minimum absolute atomic E-state index is 0.0465. The summed E-state index contributed by atoms with van der Waals surface area (Å²) < 4.78 is 17.7. The maximum atomic E-state index is 6.51. The molecule has 158 valence electrons. The minimum atomic E-state index is -0.395. The minimum Gasteiger partial charge on any atom is -0.497 e. The van der Waals surface area contributed by atoms with E-state index in [4.69, 9.17) is 30.9 Å². The van der Waals surface area contributed by atoms with Gasteiger partial charge in [-0.25, -0.2) is 5.01 Å². The molecule has 5 nitrogen and oxygen atoms in total. The number of nitrogens with zero attached hydrogens (tertiary/aromatic N) is 2. The Labute approximate surface area is 186 Å². The Hall–Kier alpha value is -3.18. The molecule has 3 aromatic rings. The first-order valence-electron chi connectivity index (χ1n) is 10.4. The fourth-order valence-corrected chi connectivity index (χ4v) is 4.39. The van der Waals surface area contributed by atoms with Crippen LogP contribution in [0.15, 0.2) is 71.8 Å². The van der Waals surface area contributed by atoms with E-state index in [-0.39, 0.29) is 6.04 Å². The SMILES string of the molecule is CCOc1cccc2c1O[C@@H](c1cccc(Cl)c1)N1N=C(c3ccc(OC)cc3)C[C@@H]21. The molecule has 2 heterocycles. The molecule has 0 amide bonds. The molecule has 0 spiro atoms. The van der Waals surface area contributed by atoms with Crippen molar-refractivity contribution in [2.75, 3.05) is 13.7 Å². The van der Waals surface area contributed by atoms with Gasteiger partial charge in [-0.2, -0.15) is 5.10 Å². The van der Waals surface area contributed by atoms with Crippen LogP contribution in [0.2, 0.25) is 5.02 Å². The first-order valence-corrected chi connectivity index (χ1v) is 10.7. The third kappa shape index (κ3) is 3.59. The molecule has 0 saturated heterocycles. The standard InChI is InChI=1S/C25H23ClN2O3/c1-3-30-23-9-5-8-20-22-15-21(16-10-12-19(29-2)13-11-16)27-28(22)25(31-24(20)23)17-6-4-7-18(26)14-17/h4-14,22,25H,3,15H2,1-2H3/t22-,25-/m0/s1. The van der Waals surface area contributed by atoms with Crippen LogP contribution in [0.3, 0.4) is 0 Å². The Bertz CT molecular complexity index is 1130. The third-order valence-electron chi connectivity index (χ3n) is 5.64. The molecule has 0 saturated carbocycles. The Balaban J connectivity index is 1.59. The third-order valence-corrected chi connectivity index (χ3v) is 5.87. The van der Waals surface area contributed by atoms with Crippen molar-refractivity contribution in [3.05, 3.63) is 88.4 Å². The van der Waals surface area contributed by atoms with Gasteiger partial charge in [0.1, 0.15) is 5.75 Å². The average molecular weight is 435 g/mol. The summed E-state index contributed by atoms with van der Waals surface area (Å²) >= 11 is 6.29. The van der Waals surface area contributed by atoms with Gasteiger partial charge in [0.2, 0.25) is 6.23 Å². The second-order valence-corrected chi connectivity index (χ2v) is 7.94. The Morgan fingerprint density at radius 2 is 1.90 bits per heavy atom. The van der Waals surface area contributed by atoms with Gasteiger partial charge >= 0.3 is 0 Å². The van der Waals surface area contributed by atoms with Crippen LogP contribution in [0, 0.1) is 0 Å². The second kappa shape index (κ2) is 8.16. The van der Waals surface area contributed by atoms with Crippen LogP contribution in [0.4, 0.5) is 0 Å². The fourth-order valence-electron chi connectivity index (χ4n) is 4.19. The first kappa shape index (κ1) is 19.8. The highest BCUT2D eigenvalue weighted by atomic mass is 35.5. The number of hydrogen-bond donors (Lipinski definition) is 0. The normalized spacial score (nSPS) is 19.2. The summed E-state index contributed by atoms with van der Waals surface area (Å²) in [7, 11) is 1.67. The van der Waals surface area contributed by atoms with Crippen LogP contribution in [-0.2, 0) is 0 Å². The molecule has 0 N–H and O–H groups in total. The van der Waals surface area contributed by atoms with E-state index in [0.717, 1.165) is 46.1 Å². The monoisotopic (exact) mass is 434 g/mol. The molecule has 2 atom stereocenters. The largest absolute Gasteiger partial charge is 0.497 e. The smallest absolute Gasteiger partial charge is 0.214 e. The maximum Gasteiger partial charge on any atom is 0.214 e. The number of para-hydroxylation sites is 1. The van der Waals surface area contributed by atoms with Crippen LogP contribution in [0.25, 0.3) is 0 Å². The van der Waals surface area contributed by atoms with E-state index in [1.54, 1.807) is 7.11 Å². The van der Waals surface area contributed by atoms with E-state index in [2.05, 4.69) is 6.07 Å². The molecular weight excluding hydrogens is 412 g/mol. The van der Waals surface area contributed by atoms with Gasteiger partial charge in [-0.15, -0.1) is 0 Å². The van der Waals surface area contributed by atoms with Crippen molar-refractivity contribution in [1.29, 1.82) is 0 Å². The van der Waals surface area contributed by atoms with Crippen LogP contribution in [0.5, 0.6) is 17.2 Å². The van der Waals surface area contributed by atoms with E-state index < -0.39 is 6.23 Å². The Kier molecular flexibility index (Phi) is 5.20. The van der Waals surface area contributed by atoms with Gasteiger partial charge in [0.05, 0.1) is 25.5 Å². The molecular formula is C25H23ClN2O3. The number of halogens is 1. The summed E-state index contributed by atoms with van der Waals surface area (Å²) in [4.78, 5) is 0. The number of benzene rings is 3. The summed E-state index contributed by atoms with van der Waals surface area (Å²) in [5.41, 5.74) is 4.12. The number of methoxy groups -OCH3 is 1. The summed E-state index contributed by atoms with van der Waals surface area (Å²) in [5.74, 6) is 2.36. The van der Waals surface area contributed by atoms with Crippen molar-refractivity contribution < 1.29 is 14.2 Å². The topological polar surface area (TPSA) is 43.3 Å². The van der Waals surface area contributed by atoms with Crippen LogP contribution < -0.4 is 14.2 Å². The molecule has 3 aromatic carbocycles. The predicted molar refractivity (Wildman–Crippen MR) is 121 cm³/mol. The van der Waals surface area contributed by atoms with E-state index >= 15 is 0 Å². The van der Waals surface area contributed by atoms with Gasteiger partial charge in [0, 0.05) is 22.6 Å². The van der Waals surface area contributed by atoms with Gasteiger partial charge in [-0.05, 0) is 55.0 Å². The summed E-state index contributed by atoms with van der Waals surface area (Å²) in [6.45, 7) is 2.55. The highest BCUT2D eigenvalue weighted by Gasteiger charge is 2.42. The molecule has 0 bridgehead atoms. The number of hydrazone groups is 1. The van der Waals surface area contributed by atoms with Crippen molar-refractivity contribution in [2.45, 2.75) is 25.6 Å². The lowest BCUT2D eigenvalue weighted by Gasteiger charge is -2.38. The van der Waals surface area contributed by atoms with E-state index in [9.17, 15) is 0 Å². The van der Waals surface area contributed by atoms with Crippen molar-refractivity contribution in [2.24, 2.45) is 5.10 Å².